The van der Waals surface area contributed by atoms with Gasteiger partial charge in [-0.25, -0.2) is 9.48 Å². The number of nitrogens with zero attached hydrogens (tertiary/aromatic N) is 3. The number of aromatic nitrogens is 2. The third-order valence-electron chi connectivity index (χ3n) is 3.87. The first-order chi connectivity index (χ1) is 11.2. The molecule has 1 heterocycles. The van der Waals surface area contributed by atoms with Crippen LogP contribution in [0.5, 0.6) is 0 Å². The van der Waals surface area contributed by atoms with Crippen molar-refractivity contribution in [3.8, 4) is 0 Å². The van der Waals surface area contributed by atoms with Crippen LogP contribution in [0, 0.1) is 5.92 Å². The second kappa shape index (κ2) is 6.82. The standard InChI is InChI=1S/C17H21N3O4/c1-10(2)9-20-15(21)13-8-6-5-7-12(13)14(18-20)16(22)19(4)11(3)17(23)24/h5-8,10-11H,9H2,1-4H3,(H,23,24). The van der Waals surface area contributed by atoms with Gasteiger partial charge < -0.3 is 10.0 Å². The first-order valence-electron chi connectivity index (χ1n) is 7.73. The topological polar surface area (TPSA) is 92.5 Å². The zero-order valence-corrected chi connectivity index (χ0v) is 14.2. The fraction of sp³-hybridized carbons (Fsp3) is 0.412. The Balaban J connectivity index is 2.64. The number of carboxylic acid groups (broad SMARTS) is 1. The number of carbonyl (C=O) groups excluding carboxylic acids is 1. The molecule has 2 rings (SSSR count). The van der Waals surface area contributed by atoms with Gasteiger partial charge in [0.05, 0.1) is 5.39 Å². The van der Waals surface area contributed by atoms with Crippen LogP contribution in [0.3, 0.4) is 0 Å². The Kier molecular flexibility index (Phi) is 5.02. The van der Waals surface area contributed by atoms with Gasteiger partial charge in [0.25, 0.3) is 11.5 Å². The Labute approximate surface area is 139 Å². The summed E-state index contributed by atoms with van der Waals surface area (Å²) >= 11 is 0. The second-order valence-corrected chi connectivity index (χ2v) is 6.21. The summed E-state index contributed by atoms with van der Waals surface area (Å²) in [6.45, 7) is 5.70. The fourth-order valence-corrected chi connectivity index (χ4v) is 2.37. The van der Waals surface area contributed by atoms with Crippen molar-refractivity contribution in [2.45, 2.75) is 33.4 Å². The number of carboxylic acids is 1. The van der Waals surface area contributed by atoms with Crippen molar-refractivity contribution >= 4 is 22.6 Å². The Morgan fingerprint density at radius 3 is 2.33 bits per heavy atom. The van der Waals surface area contributed by atoms with Gasteiger partial charge >= 0.3 is 5.97 Å². The summed E-state index contributed by atoms with van der Waals surface area (Å²) in [5, 5.41) is 14.2. The number of hydrogen-bond acceptors (Lipinski definition) is 4. The van der Waals surface area contributed by atoms with Gasteiger partial charge in [0, 0.05) is 19.0 Å². The predicted octanol–water partition coefficient (Wildman–Crippen LogP) is 1.60. The number of rotatable bonds is 5. The zero-order chi connectivity index (χ0) is 18.0. The Bertz CT molecular complexity index is 841. The monoisotopic (exact) mass is 331 g/mol. The summed E-state index contributed by atoms with van der Waals surface area (Å²) in [5.41, 5.74) is -0.175. The minimum atomic E-state index is -1.11. The van der Waals surface area contributed by atoms with Crippen LogP contribution in [0.4, 0.5) is 0 Å². The molecule has 0 spiro atoms. The Hall–Kier alpha value is -2.70. The maximum Gasteiger partial charge on any atom is 0.326 e. The summed E-state index contributed by atoms with van der Waals surface area (Å²) in [6, 6.07) is 5.74. The molecule has 0 bridgehead atoms. The lowest BCUT2D eigenvalue weighted by molar-refractivity contribution is -0.141. The van der Waals surface area contributed by atoms with Crippen molar-refractivity contribution in [2.75, 3.05) is 7.05 Å². The van der Waals surface area contributed by atoms with Gasteiger partial charge in [-0.3, -0.25) is 9.59 Å². The van der Waals surface area contributed by atoms with Crippen LogP contribution in [-0.2, 0) is 11.3 Å². The molecule has 1 atom stereocenters. The van der Waals surface area contributed by atoms with Crippen LogP contribution in [0.2, 0.25) is 0 Å². The highest BCUT2D eigenvalue weighted by atomic mass is 16.4. The van der Waals surface area contributed by atoms with Crippen molar-refractivity contribution < 1.29 is 14.7 Å². The van der Waals surface area contributed by atoms with Crippen molar-refractivity contribution in [1.82, 2.24) is 14.7 Å². The van der Waals surface area contributed by atoms with Crippen LogP contribution in [-0.4, -0.2) is 44.8 Å². The molecule has 1 amide bonds. The Morgan fingerprint density at radius 1 is 1.21 bits per heavy atom. The average molecular weight is 331 g/mol. The van der Waals surface area contributed by atoms with Crippen molar-refractivity contribution in [3.05, 3.63) is 40.3 Å². The molecule has 0 saturated carbocycles. The van der Waals surface area contributed by atoms with Gasteiger partial charge in [0.1, 0.15) is 6.04 Å². The van der Waals surface area contributed by atoms with Crippen molar-refractivity contribution in [2.24, 2.45) is 5.92 Å². The van der Waals surface area contributed by atoms with E-state index in [9.17, 15) is 14.4 Å². The van der Waals surface area contributed by atoms with E-state index in [1.165, 1.54) is 18.7 Å². The van der Waals surface area contributed by atoms with E-state index >= 15 is 0 Å². The molecule has 24 heavy (non-hydrogen) atoms. The quantitative estimate of drug-likeness (QED) is 0.898. The molecule has 7 heteroatoms. The third kappa shape index (κ3) is 3.29. The number of aliphatic carboxylic acids is 1. The molecule has 1 N–H and O–H groups in total. The summed E-state index contributed by atoms with van der Waals surface area (Å²) in [7, 11) is 1.41. The van der Waals surface area contributed by atoms with E-state index in [0.29, 0.717) is 17.3 Å². The summed E-state index contributed by atoms with van der Waals surface area (Å²) in [5.74, 6) is -1.46. The third-order valence-corrected chi connectivity index (χ3v) is 3.87. The van der Waals surface area contributed by atoms with Crippen molar-refractivity contribution in [1.29, 1.82) is 0 Å². The number of carbonyl (C=O) groups is 2. The molecule has 7 nitrogen and oxygen atoms in total. The largest absolute Gasteiger partial charge is 0.480 e. The van der Waals surface area contributed by atoms with Crippen LogP contribution in [0.1, 0.15) is 31.3 Å². The van der Waals surface area contributed by atoms with Crippen LogP contribution < -0.4 is 5.56 Å². The van der Waals surface area contributed by atoms with Gasteiger partial charge in [-0.05, 0) is 18.9 Å². The van der Waals surface area contributed by atoms with E-state index in [-0.39, 0.29) is 17.2 Å². The van der Waals surface area contributed by atoms with Gasteiger partial charge in [-0.15, -0.1) is 0 Å². The molecular formula is C17H21N3O4. The number of likely N-dealkylation sites (N-methyl/N-ethyl adjacent to an activating group) is 1. The van der Waals surface area contributed by atoms with Crippen LogP contribution >= 0.6 is 0 Å². The van der Waals surface area contributed by atoms with Crippen LogP contribution in [0.25, 0.3) is 10.8 Å². The normalized spacial score (nSPS) is 12.4. The maximum absolute atomic E-state index is 12.7. The molecular weight excluding hydrogens is 310 g/mol. The number of fused-ring (bicyclic) bond motifs is 1. The van der Waals surface area contributed by atoms with E-state index in [0.717, 1.165) is 4.90 Å². The maximum atomic E-state index is 12.7. The number of benzene rings is 1. The molecule has 0 saturated heterocycles. The number of amides is 1. The minimum Gasteiger partial charge on any atom is -0.480 e. The van der Waals surface area contributed by atoms with Crippen molar-refractivity contribution in [3.63, 3.8) is 0 Å². The van der Waals surface area contributed by atoms with Gasteiger partial charge in [0.2, 0.25) is 0 Å². The SMILES string of the molecule is CC(C)Cn1nc(C(=O)N(C)C(C)C(=O)O)c2ccccc2c1=O. The lowest BCUT2D eigenvalue weighted by atomic mass is 10.1. The lowest BCUT2D eigenvalue weighted by Gasteiger charge is -2.22. The van der Waals surface area contributed by atoms with E-state index in [1.54, 1.807) is 24.3 Å². The lowest BCUT2D eigenvalue weighted by Crippen LogP contribution is -2.41. The van der Waals surface area contributed by atoms with Gasteiger partial charge in [0.15, 0.2) is 5.69 Å². The molecule has 0 radical (unpaired) electrons. The smallest absolute Gasteiger partial charge is 0.326 e. The fourth-order valence-electron chi connectivity index (χ4n) is 2.37. The zero-order valence-electron chi connectivity index (χ0n) is 14.2. The van der Waals surface area contributed by atoms with E-state index in [4.69, 9.17) is 5.11 Å². The molecule has 0 fully saturated rings. The van der Waals surface area contributed by atoms with E-state index in [1.807, 2.05) is 13.8 Å². The predicted molar refractivity (Wildman–Crippen MR) is 90.0 cm³/mol. The Morgan fingerprint density at radius 2 is 1.79 bits per heavy atom. The second-order valence-electron chi connectivity index (χ2n) is 6.21. The first kappa shape index (κ1) is 17.7. The van der Waals surface area contributed by atoms with E-state index < -0.39 is 17.9 Å². The molecule has 1 aromatic carbocycles. The molecule has 0 aliphatic heterocycles. The number of hydrogen-bond donors (Lipinski definition) is 1. The molecule has 2 aromatic rings. The highest BCUT2D eigenvalue weighted by Crippen LogP contribution is 2.16. The van der Waals surface area contributed by atoms with E-state index in [2.05, 4.69) is 5.10 Å². The first-order valence-corrected chi connectivity index (χ1v) is 7.73. The summed E-state index contributed by atoms with van der Waals surface area (Å²) in [4.78, 5) is 37.5. The molecule has 128 valence electrons. The highest BCUT2D eigenvalue weighted by Gasteiger charge is 2.26. The summed E-state index contributed by atoms with van der Waals surface area (Å²) < 4.78 is 1.28. The summed E-state index contributed by atoms with van der Waals surface area (Å²) in [6.07, 6.45) is 0. The molecule has 1 unspecified atom stereocenters. The minimum absolute atomic E-state index is 0.0847. The molecule has 0 aliphatic rings. The highest BCUT2D eigenvalue weighted by molar-refractivity contribution is 6.05. The molecule has 0 aliphatic carbocycles. The van der Waals surface area contributed by atoms with Gasteiger partial charge in [-0.1, -0.05) is 32.0 Å². The average Bonchev–Trinajstić information content (AvgIpc) is 2.55. The molecule has 1 aromatic heterocycles. The van der Waals surface area contributed by atoms with Gasteiger partial charge in [-0.2, -0.15) is 5.10 Å². The van der Waals surface area contributed by atoms with Crippen LogP contribution in [0.15, 0.2) is 29.1 Å².